The first-order chi connectivity index (χ1) is 10.0. The first kappa shape index (κ1) is 14.5. The number of nitriles is 1. The molecule has 2 aromatic carbocycles. The van der Waals surface area contributed by atoms with Gasteiger partial charge in [-0.15, -0.1) is 0 Å². The van der Waals surface area contributed by atoms with Gasteiger partial charge in [-0.1, -0.05) is 23.8 Å². The number of carboxylic acid groups (broad SMARTS) is 1. The van der Waals surface area contributed by atoms with E-state index in [0.29, 0.717) is 5.56 Å². The third-order valence-electron chi connectivity index (χ3n) is 3.15. The van der Waals surface area contributed by atoms with Crippen LogP contribution in [-0.4, -0.2) is 16.9 Å². The van der Waals surface area contributed by atoms with Crippen LogP contribution in [0.3, 0.4) is 0 Å². The molecule has 104 valence electrons. The van der Waals surface area contributed by atoms with Gasteiger partial charge in [0.2, 0.25) is 0 Å². The zero-order valence-electron chi connectivity index (χ0n) is 11.5. The van der Waals surface area contributed by atoms with E-state index in [9.17, 15) is 9.59 Å². The highest BCUT2D eigenvalue weighted by atomic mass is 16.4. The minimum Gasteiger partial charge on any atom is -0.478 e. The van der Waals surface area contributed by atoms with Crippen LogP contribution >= 0.6 is 0 Å². The Morgan fingerprint density at radius 3 is 2.33 bits per heavy atom. The highest BCUT2D eigenvalue weighted by Gasteiger charge is 2.16. The van der Waals surface area contributed by atoms with E-state index in [1.54, 1.807) is 36.4 Å². The SMILES string of the molecule is Cc1ccc(C(=O)O)c(C(=O)Cc2ccc(C#N)cc2)c1. The molecule has 0 aliphatic carbocycles. The number of aromatic carboxylic acids is 1. The second-order valence-electron chi connectivity index (χ2n) is 4.76. The number of carboxylic acids is 1. The largest absolute Gasteiger partial charge is 0.478 e. The highest BCUT2D eigenvalue weighted by Crippen LogP contribution is 2.15. The van der Waals surface area contributed by atoms with Crippen LogP contribution in [0, 0.1) is 18.3 Å². The number of carbonyl (C=O) groups is 2. The van der Waals surface area contributed by atoms with E-state index in [2.05, 4.69) is 0 Å². The van der Waals surface area contributed by atoms with Crippen LogP contribution in [0.25, 0.3) is 0 Å². The lowest BCUT2D eigenvalue weighted by molar-refractivity contribution is 0.0692. The van der Waals surface area contributed by atoms with E-state index in [0.717, 1.165) is 11.1 Å². The van der Waals surface area contributed by atoms with Crippen molar-refractivity contribution in [1.29, 1.82) is 5.26 Å². The lowest BCUT2D eigenvalue weighted by Gasteiger charge is -2.07. The summed E-state index contributed by atoms with van der Waals surface area (Å²) in [5, 5.41) is 17.9. The van der Waals surface area contributed by atoms with Gasteiger partial charge in [0.05, 0.1) is 17.2 Å². The molecule has 1 N–H and O–H groups in total. The molecular weight excluding hydrogens is 266 g/mol. The second kappa shape index (κ2) is 6.02. The Bertz CT molecular complexity index is 740. The highest BCUT2D eigenvalue weighted by molar-refractivity contribution is 6.06. The molecule has 0 aliphatic heterocycles. The van der Waals surface area contributed by atoms with Crippen LogP contribution < -0.4 is 0 Å². The smallest absolute Gasteiger partial charge is 0.336 e. The molecule has 0 heterocycles. The first-order valence-corrected chi connectivity index (χ1v) is 6.37. The van der Waals surface area contributed by atoms with Crippen molar-refractivity contribution in [3.05, 3.63) is 70.3 Å². The number of rotatable bonds is 4. The molecule has 4 heteroatoms. The van der Waals surface area contributed by atoms with Gasteiger partial charge in [0.25, 0.3) is 0 Å². The molecule has 0 unspecified atom stereocenters. The van der Waals surface area contributed by atoms with Gasteiger partial charge in [0, 0.05) is 12.0 Å². The van der Waals surface area contributed by atoms with Gasteiger partial charge >= 0.3 is 5.97 Å². The van der Waals surface area contributed by atoms with Crippen LogP contribution in [0.15, 0.2) is 42.5 Å². The van der Waals surface area contributed by atoms with Gasteiger partial charge in [-0.25, -0.2) is 4.79 Å². The van der Waals surface area contributed by atoms with Crippen molar-refractivity contribution in [2.75, 3.05) is 0 Å². The predicted molar refractivity (Wildman–Crippen MR) is 77.3 cm³/mol. The summed E-state index contributed by atoms with van der Waals surface area (Å²) in [5.74, 6) is -1.36. The number of hydrogen-bond acceptors (Lipinski definition) is 3. The van der Waals surface area contributed by atoms with Crippen molar-refractivity contribution in [2.45, 2.75) is 13.3 Å². The molecule has 0 radical (unpaired) electrons. The second-order valence-corrected chi connectivity index (χ2v) is 4.76. The number of nitrogens with zero attached hydrogens (tertiary/aromatic N) is 1. The fraction of sp³-hybridized carbons (Fsp3) is 0.118. The summed E-state index contributed by atoms with van der Waals surface area (Å²) in [4.78, 5) is 23.5. The van der Waals surface area contributed by atoms with E-state index >= 15 is 0 Å². The van der Waals surface area contributed by atoms with Crippen LogP contribution in [-0.2, 0) is 6.42 Å². The number of Topliss-reactive ketones (excluding diaryl/α,β-unsaturated/α-hetero) is 1. The van der Waals surface area contributed by atoms with Gasteiger partial charge in [-0.3, -0.25) is 4.79 Å². The fourth-order valence-electron chi connectivity index (χ4n) is 2.05. The number of ketones is 1. The Morgan fingerprint density at radius 1 is 1.10 bits per heavy atom. The summed E-state index contributed by atoms with van der Waals surface area (Å²) < 4.78 is 0. The van der Waals surface area contributed by atoms with Gasteiger partial charge in [0.1, 0.15) is 0 Å². The molecule has 2 aromatic rings. The topological polar surface area (TPSA) is 78.2 Å². The van der Waals surface area contributed by atoms with E-state index in [4.69, 9.17) is 10.4 Å². The van der Waals surface area contributed by atoms with Gasteiger partial charge < -0.3 is 5.11 Å². The Balaban J connectivity index is 2.29. The number of benzene rings is 2. The number of hydrogen-bond donors (Lipinski definition) is 1. The molecule has 21 heavy (non-hydrogen) atoms. The van der Waals surface area contributed by atoms with E-state index in [-0.39, 0.29) is 23.3 Å². The van der Waals surface area contributed by atoms with Crippen molar-refractivity contribution in [1.82, 2.24) is 0 Å². The minimum atomic E-state index is -1.11. The lowest BCUT2D eigenvalue weighted by atomic mass is 9.96. The standard InChI is InChI=1S/C17H13NO3/c1-11-2-7-14(17(20)21)15(8-11)16(19)9-12-3-5-13(10-18)6-4-12/h2-8H,9H2,1H3,(H,20,21). The van der Waals surface area contributed by atoms with Gasteiger partial charge in [0.15, 0.2) is 5.78 Å². The molecule has 0 saturated carbocycles. The molecule has 0 saturated heterocycles. The maximum absolute atomic E-state index is 12.3. The minimum absolute atomic E-state index is 0.0132. The maximum atomic E-state index is 12.3. The number of carbonyl (C=O) groups excluding carboxylic acids is 1. The average Bonchev–Trinajstić information content (AvgIpc) is 2.47. The van der Waals surface area contributed by atoms with E-state index in [1.807, 2.05) is 13.0 Å². The van der Waals surface area contributed by atoms with E-state index in [1.165, 1.54) is 6.07 Å². The summed E-state index contributed by atoms with van der Waals surface area (Å²) in [5.41, 5.74) is 2.33. The van der Waals surface area contributed by atoms with Crippen molar-refractivity contribution < 1.29 is 14.7 Å². The summed E-state index contributed by atoms with van der Waals surface area (Å²) in [6.45, 7) is 1.81. The summed E-state index contributed by atoms with van der Waals surface area (Å²) >= 11 is 0. The molecule has 0 bridgehead atoms. The summed E-state index contributed by atoms with van der Waals surface area (Å²) in [6, 6.07) is 13.4. The molecule has 0 aliphatic rings. The first-order valence-electron chi connectivity index (χ1n) is 6.37. The molecule has 0 amide bonds. The normalized spacial score (nSPS) is 9.90. The third kappa shape index (κ3) is 3.34. The molecule has 2 rings (SSSR count). The summed E-state index contributed by atoms with van der Waals surface area (Å²) in [6.07, 6.45) is 0.107. The Hall–Kier alpha value is -2.93. The Labute approximate surface area is 122 Å². The van der Waals surface area contributed by atoms with Crippen LogP contribution in [0.5, 0.6) is 0 Å². The quantitative estimate of drug-likeness (QED) is 0.873. The molecule has 0 aromatic heterocycles. The molecular formula is C17H13NO3. The zero-order chi connectivity index (χ0) is 15.4. The van der Waals surface area contributed by atoms with Gasteiger partial charge in [-0.05, 0) is 36.8 Å². The average molecular weight is 279 g/mol. The Kier molecular flexibility index (Phi) is 4.15. The lowest BCUT2D eigenvalue weighted by Crippen LogP contribution is -2.11. The van der Waals surface area contributed by atoms with Crippen molar-refractivity contribution in [2.24, 2.45) is 0 Å². The zero-order valence-corrected chi connectivity index (χ0v) is 11.5. The summed E-state index contributed by atoms with van der Waals surface area (Å²) in [7, 11) is 0. The van der Waals surface area contributed by atoms with Crippen molar-refractivity contribution in [3.8, 4) is 6.07 Å². The maximum Gasteiger partial charge on any atom is 0.336 e. The monoisotopic (exact) mass is 279 g/mol. The van der Waals surface area contributed by atoms with Crippen LogP contribution in [0.2, 0.25) is 0 Å². The molecule has 4 nitrogen and oxygen atoms in total. The van der Waals surface area contributed by atoms with Crippen molar-refractivity contribution >= 4 is 11.8 Å². The number of aryl methyl sites for hydroxylation is 1. The molecule has 0 atom stereocenters. The van der Waals surface area contributed by atoms with Crippen molar-refractivity contribution in [3.63, 3.8) is 0 Å². The molecule has 0 fully saturated rings. The Morgan fingerprint density at radius 2 is 1.76 bits per heavy atom. The third-order valence-corrected chi connectivity index (χ3v) is 3.15. The van der Waals surface area contributed by atoms with Crippen LogP contribution in [0.1, 0.15) is 37.4 Å². The van der Waals surface area contributed by atoms with Crippen LogP contribution in [0.4, 0.5) is 0 Å². The van der Waals surface area contributed by atoms with Gasteiger partial charge in [-0.2, -0.15) is 5.26 Å². The fourth-order valence-corrected chi connectivity index (χ4v) is 2.05. The predicted octanol–water partition coefficient (Wildman–Crippen LogP) is 2.99. The van der Waals surface area contributed by atoms with E-state index < -0.39 is 5.97 Å². The molecule has 0 spiro atoms.